The Morgan fingerprint density at radius 2 is 1.28 bits per heavy atom. The van der Waals surface area contributed by atoms with Gasteiger partial charge in [0.25, 0.3) is 0 Å². The van der Waals surface area contributed by atoms with Gasteiger partial charge in [0, 0.05) is 24.5 Å². The van der Waals surface area contributed by atoms with Gasteiger partial charge in [-0.25, -0.2) is 0 Å². The van der Waals surface area contributed by atoms with Crippen LogP contribution >= 0.6 is 12.2 Å². The minimum Gasteiger partial charge on any atom is -0.372 e. The molecule has 0 aliphatic heterocycles. The average molecular weight is 411 g/mol. The molecule has 1 rings (SSSR count). The molecule has 0 fully saturated rings. The SMILES string of the molecule is CC(C)=CCCC(C)=CCCC(C)=CCCC(C)=CCNC(=S)c1ccncc1. The summed E-state index contributed by atoms with van der Waals surface area (Å²) in [6.45, 7) is 11.8. The van der Waals surface area contributed by atoms with Gasteiger partial charge in [0.1, 0.15) is 4.99 Å². The van der Waals surface area contributed by atoms with Crippen molar-refractivity contribution in [3.8, 4) is 0 Å². The first kappa shape index (κ1) is 25.0. The second-order valence-corrected chi connectivity index (χ2v) is 8.40. The van der Waals surface area contributed by atoms with E-state index in [-0.39, 0.29) is 0 Å². The highest BCUT2D eigenvalue weighted by atomic mass is 32.1. The van der Waals surface area contributed by atoms with Crippen LogP contribution in [0, 0.1) is 0 Å². The first-order valence-electron chi connectivity index (χ1n) is 10.7. The van der Waals surface area contributed by atoms with Crippen LogP contribution in [0.3, 0.4) is 0 Å². The van der Waals surface area contributed by atoms with Gasteiger partial charge in [-0.15, -0.1) is 0 Å². The Labute approximate surface area is 183 Å². The number of rotatable bonds is 12. The van der Waals surface area contributed by atoms with E-state index >= 15 is 0 Å². The van der Waals surface area contributed by atoms with E-state index in [4.69, 9.17) is 12.2 Å². The van der Waals surface area contributed by atoms with Crippen molar-refractivity contribution in [2.24, 2.45) is 0 Å². The third-order valence-electron chi connectivity index (χ3n) is 4.81. The number of thiocarbonyl (C=S) groups is 1. The van der Waals surface area contributed by atoms with Crippen LogP contribution < -0.4 is 5.32 Å². The summed E-state index contributed by atoms with van der Waals surface area (Å²) in [5.74, 6) is 0. The molecule has 0 aliphatic carbocycles. The van der Waals surface area contributed by atoms with E-state index in [0.717, 1.165) is 49.2 Å². The Morgan fingerprint density at radius 1 is 0.793 bits per heavy atom. The van der Waals surface area contributed by atoms with Crippen molar-refractivity contribution < 1.29 is 0 Å². The van der Waals surface area contributed by atoms with E-state index in [1.807, 2.05) is 12.1 Å². The van der Waals surface area contributed by atoms with Crippen molar-refractivity contribution in [1.29, 1.82) is 0 Å². The predicted octanol–water partition coefficient (Wildman–Crippen LogP) is 7.49. The summed E-state index contributed by atoms with van der Waals surface area (Å²) >= 11 is 5.40. The maximum absolute atomic E-state index is 5.40. The fourth-order valence-electron chi connectivity index (χ4n) is 2.91. The van der Waals surface area contributed by atoms with Gasteiger partial charge in [-0.3, -0.25) is 4.98 Å². The molecule has 0 spiro atoms. The minimum atomic E-state index is 0.770. The highest BCUT2D eigenvalue weighted by Gasteiger charge is 1.98. The summed E-state index contributed by atoms with van der Waals surface area (Å²) in [5, 5.41) is 3.29. The van der Waals surface area contributed by atoms with E-state index in [2.05, 4.69) is 69.2 Å². The molecule has 1 N–H and O–H groups in total. The van der Waals surface area contributed by atoms with Crippen LogP contribution in [0.2, 0.25) is 0 Å². The van der Waals surface area contributed by atoms with Crippen molar-refractivity contribution >= 4 is 17.2 Å². The molecule has 1 aromatic heterocycles. The second kappa shape index (κ2) is 14.9. The van der Waals surface area contributed by atoms with Crippen LogP contribution in [0.25, 0.3) is 0 Å². The molecule has 2 nitrogen and oxygen atoms in total. The summed E-state index contributed by atoms with van der Waals surface area (Å²) in [4.78, 5) is 4.79. The Bertz CT molecular complexity index is 735. The molecule has 0 aliphatic rings. The molecule has 0 aromatic carbocycles. The third kappa shape index (κ3) is 13.0. The van der Waals surface area contributed by atoms with Gasteiger partial charge >= 0.3 is 0 Å². The molecule has 0 amide bonds. The number of nitrogens with one attached hydrogen (secondary N) is 1. The lowest BCUT2D eigenvalue weighted by atomic mass is 10.0. The molecule has 29 heavy (non-hydrogen) atoms. The van der Waals surface area contributed by atoms with Crippen LogP contribution in [-0.4, -0.2) is 16.5 Å². The van der Waals surface area contributed by atoms with E-state index in [1.165, 1.54) is 28.7 Å². The molecular formula is C26H38N2S. The number of aromatic nitrogens is 1. The molecule has 0 unspecified atom stereocenters. The molecule has 1 aromatic rings. The standard InChI is InChI=1S/C26H38N2S/c1-21(2)9-6-10-22(3)11-7-12-23(4)13-8-14-24(5)15-20-28-26(29)25-16-18-27-19-17-25/h9,11,13,15-19H,6-8,10,12,14,20H2,1-5H3,(H,28,29). The third-order valence-corrected chi connectivity index (χ3v) is 5.19. The normalized spacial score (nSPS) is 12.7. The quantitative estimate of drug-likeness (QED) is 0.285. The van der Waals surface area contributed by atoms with Crippen LogP contribution in [0.1, 0.15) is 78.7 Å². The van der Waals surface area contributed by atoms with Crippen molar-refractivity contribution in [1.82, 2.24) is 10.3 Å². The summed E-state index contributed by atoms with van der Waals surface area (Å²) in [7, 11) is 0. The van der Waals surface area contributed by atoms with E-state index in [1.54, 1.807) is 12.4 Å². The Kier molecular flexibility index (Phi) is 12.9. The first-order chi connectivity index (χ1) is 13.9. The topological polar surface area (TPSA) is 24.9 Å². The summed E-state index contributed by atoms with van der Waals surface area (Å²) in [5.41, 5.74) is 6.82. The zero-order valence-corrected chi connectivity index (χ0v) is 19.7. The molecule has 0 atom stereocenters. The Balaban J connectivity index is 2.24. The largest absolute Gasteiger partial charge is 0.372 e. The van der Waals surface area contributed by atoms with Gasteiger partial charge in [0.2, 0.25) is 0 Å². The zero-order valence-electron chi connectivity index (χ0n) is 18.9. The van der Waals surface area contributed by atoms with Gasteiger partial charge in [-0.1, -0.05) is 58.8 Å². The van der Waals surface area contributed by atoms with Gasteiger partial charge in [0.15, 0.2) is 0 Å². The molecule has 0 saturated heterocycles. The molecular weight excluding hydrogens is 372 g/mol. The van der Waals surface area contributed by atoms with Crippen molar-refractivity contribution in [3.63, 3.8) is 0 Å². The molecule has 0 radical (unpaired) electrons. The lowest BCUT2D eigenvalue weighted by Gasteiger charge is -2.06. The number of allylic oxidation sites excluding steroid dienone is 7. The van der Waals surface area contributed by atoms with Gasteiger partial charge in [0.05, 0.1) is 0 Å². The molecule has 0 bridgehead atoms. The first-order valence-corrected chi connectivity index (χ1v) is 11.1. The number of hydrogen-bond donors (Lipinski definition) is 1. The van der Waals surface area contributed by atoms with Crippen LogP contribution in [0.5, 0.6) is 0 Å². The van der Waals surface area contributed by atoms with E-state index < -0.39 is 0 Å². The fourth-order valence-corrected chi connectivity index (χ4v) is 3.13. The second-order valence-electron chi connectivity index (χ2n) is 7.99. The van der Waals surface area contributed by atoms with Crippen LogP contribution in [0.15, 0.2) is 71.1 Å². The number of pyridine rings is 1. The summed E-state index contributed by atoms with van der Waals surface area (Å²) in [6, 6.07) is 3.86. The van der Waals surface area contributed by atoms with Crippen molar-refractivity contribution in [2.45, 2.75) is 73.1 Å². The molecule has 0 saturated carbocycles. The molecule has 1 heterocycles. The summed E-state index contributed by atoms with van der Waals surface area (Å²) in [6.07, 6.45) is 19.7. The van der Waals surface area contributed by atoms with E-state index in [9.17, 15) is 0 Å². The lowest BCUT2D eigenvalue weighted by molar-refractivity contribution is 0.896. The Hall–Kier alpha value is -2.00. The lowest BCUT2D eigenvalue weighted by Crippen LogP contribution is -2.22. The highest BCUT2D eigenvalue weighted by molar-refractivity contribution is 7.80. The molecule has 158 valence electrons. The van der Waals surface area contributed by atoms with Crippen LogP contribution in [0.4, 0.5) is 0 Å². The van der Waals surface area contributed by atoms with Crippen molar-refractivity contribution in [2.75, 3.05) is 6.54 Å². The van der Waals surface area contributed by atoms with Crippen LogP contribution in [-0.2, 0) is 0 Å². The zero-order chi connectivity index (χ0) is 21.5. The van der Waals surface area contributed by atoms with E-state index in [0.29, 0.717) is 0 Å². The fraction of sp³-hybridized carbons (Fsp3) is 0.462. The van der Waals surface area contributed by atoms with Gasteiger partial charge in [-0.2, -0.15) is 0 Å². The number of nitrogens with zero attached hydrogens (tertiary/aromatic N) is 1. The van der Waals surface area contributed by atoms with Gasteiger partial charge < -0.3 is 5.32 Å². The average Bonchev–Trinajstić information content (AvgIpc) is 2.68. The van der Waals surface area contributed by atoms with Gasteiger partial charge in [-0.05, 0) is 85.3 Å². The summed E-state index contributed by atoms with van der Waals surface area (Å²) < 4.78 is 0. The predicted molar refractivity (Wildman–Crippen MR) is 132 cm³/mol. The Morgan fingerprint density at radius 3 is 1.79 bits per heavy atom. The smallest absolute Gasteiger partial charge is 0.106 e. The minimum absolute atomic E-state index is 0.770. The number of hydrogen-bond acceptors (Lipinski definition) is 2. The molecule has 3 heteroatoms. The maximum atomic E-state index is 5.40. The highest BCUT2D eigenvalue weighted by Crippen LogP contribution is 2.13. The van der Waals surface area contributed by atoms with Crippen molar-refractivity contribution in [3.05, 3.63) is 76.7 Å². The maximum Gasteiger partial charge on any atom is 0.106 e. The monoisotopic (exact) mass is 410 g/mol.